The van der Waals surface area contributed by atoms with E-state index in [4.69, 9.17) is 15.2 Å². The van der Waals surface area contributed by atoms with Gasteiger partial charge in [0.25, 0.3) is 0 Å². The molecule has 1 saturated heterocycles. The average molecular weight is 353 g/mol. The van der Waals surface area contributed by atoms with Gasteiger partial charge in [0, 0.05) is 29.3 Å². The molecule has 0 radical (unpaired) electrons. The number of phenols is 1. The van der Waals surface area contributed by atoms with Crippen LogP contribution in [0.2, 0.25) is 0 Å². The Kier molecular flexibility index (Phi) is 6.39. The summed E-state index contributed by atoms with van der Waals surface area (Å²) < 4.78 is 11.3. The van der Waals surface area contributed by atoms with Crippen molar-refractivity contribution >= 4 is 28.3 Å². The van der Waals surface area contributed by atoms with E-state index in [2.05, 4.69) is 15.9 Å². The first-order valence-electron chi connectivity index (χ1n) is 6.03. The summed E-state index contributed by atoms with van der Waals surface area (Å²) in [4.78, 5) is 0. The minimum absolute atomic E-state index is 0. The molecule has 19 heavy (non-hydrogen) atoms. The molecule has 0 saturated carbocycles. The monoisotopic (exact) mass is 351 g/mol. The van der Waals surface area contributed by atoms with Crippen LogP contribution in [0.4, 0.5) is 0 Å². The molecule has 4 nitrogen and oxygen atoms in total. The molecule has 1 aromatic carbocycles. The fourth-order valence-electron chi connectivity index (χ4n) is 2.36. The third kappa shape index (κ3) is 3.54. The smallest absolute Gasteiger partial charge is 0.163 e. The van der Waals surface area contributed by atoms with E-state index in [1.54, 1.807) is 6.07 Å². The second-order valence-electron chi connectivity index (χ2n) is 4.49. The number of methoxy groups -OCH3 is 1. The molecule has 108 valence electrons. The van der Waals surface area contributed by atoms with Crippen molar-refractivity contribution < 1.29 is 14.6 Å². The van der Waals surface area contributed by atoms with Crippen LogP contribution >= 0.6 is 28.3 Å². The van der Waals surface area contributed by atoms with Crippen LogP contribution in [0.15, 0.2) is 16.6 Å². The van der Waals surface area contributed by atoms with E-state index in [0.29, 0.717) is 11.7 Å². The standard InChI is InChI=1S/C13H18BrNO3.ClH/c1-17-10-3-2-9(14)11(13(10)16)12(15)8-4-6-18-7-5-8;/h2-3,8,12,16H,4-7,15H2,1H3;1H/t12-;/m0./s1. The minimum Gasteiger partial charge on any atom is -0.504 e. The Hall–Kier alpha value is -0.490. The summed E-state index contributed by atoms with van der Waals surface area (Å²) in [5.74, 6) is 0.912. The van der Waals surface area contributed by atoms with Gasteiger partial charge in [-0.2, -0.15) is 0 Å². The van der Waals surface area contributed by atoms with E-state index in [0.717, 1.165) is 36.1 Å². The number of hydrogen-bond donors (Lipinski definition) is 2. The Labute approximate surface area is 127 Å². The lowest BCUT2D eigenvalue weighted by Gasteiger charge is -2.29. The number of nitrogens with two attached hydrogens (primary N) is 1. The van der Waals surface area contributed by atoms with Crippen LogP contribution in [0.25, 0.3) is 0 Å². The first kappa shape index (κ1) is 16.6. The number of phenolic OH excluding ortho intramolecular Hbond substituents is 1. The van der Waals surface area contributed by atoms with Gasteiger partial charge in [-0.3, -0.25) is 0 Å². The van der Waals surface area contributed by atoms with Gasteiger partial charge >= 0.3 is 0 Å². The van der Waals surface area contributed by atoms with E-state index in [-0.39, 0.29) is 24.2 Å². The zero-order valence-corrected chi connectivity index (χ0v) is 13.2. The lowest BCUT2D eigenvalue weighted by atomic mass is 9.87. The lowest BCUT2D eigenvalue weighted by molar-refractivity contribution is 0.0580. The van der Waals surface area contributed by atoms with Crippen LogP contribution in [-0.4, -0.2) is 25.4 Å². The van der Waals surface area contributed by atoms with Crippen LogP contribution in [0.1, 0.15) is 24.4 Å². The first-order valence-corrected chi connectivity index (χ1v) is 6.83. The largest absolute Gasteiger partial charge is 0.504 e. The Bertz CT molecular complexity index is 425. The summed E-state index contributed by atoms with van der Waals surface area (Å²) in [5, 5.41) is 10.2. The van der Waals surface area contributed by atoms with Crippen molar-refractivity contribution in [3.8, 4) is 11.5 Å². The molecule has 0 unspecified atom stereocenters. The van der Waals surface area contributed by atoms with Gasteiger partial charge < -0.3 is 20.3 Å². The summed E-state index contributed by atoms with van der Waals surface area (Å²) >= 11 is 3.45. The van der Waals surface area contributed by atoms with Gasteiger partial charge in [-0.25, -0.2) is 0 Å². The molecule has 1 heterocycles. The van der Waals surface area contributed by atoms with Crippen molar-refractivity contribution in [1.82, 2.24) is 0 Å². The second kappa shape index (κ2) is 7.33. The predicted octanol–water partition coefficient (Wildman–Crippen LogP) is 3.01. The van der Waals surface area contributed by atoms with Crippen LogP contribution < -0.4 is 10.5 Å². The Morgan fingerprint density at radius 3 is 2.63 bits per heavy atom. The van der Waals surface area contributed by atoms with Crippen molar-refractivity contribution in [2.45, 2.75) is 18.9 Å². The number of benzene rings is 1. The lowest BCUT2D eigenvalue weighted by Crippen LogP contribution is -2.27. The molecule has 1 aliphatic rings. The SMILES string of the molecule is COc1ccc(Br)c([C@@H](N)C2CCOCC2)c1O.Cl. The molecule has 0 aromatic heterocycles. The van der Waals surface area contributed by atoms with Crippen LogP contribution in [0.5, 0.6) is 11.5 Å². The average Bonchev–Trinajstić information content (AvgIpc) is 2.40. The van der Waals surface area contributed by atoms with Gasteiger partial charge in [-0.15, -0.1) is 12.4 Å². The maximum atomic E-state index is 10.2. The highest BCUT2D eigenvalue weighted by Crippen LogP contribution is 2.42. The highest BCUT2D eigenvalue weighted by Gasteiger charge is 2.27. The van der Waals surface area contributed by atoms with Crippen molar-refractivity contribution in [2.24, 2.45) is 11.7 Å². The van der Waals surface area contributed by atoms with E-state index < -0.39 is 0 Å². The quantitative estimate of drug-likeness (QED) is 0.877. The Balaban J connectivity index is 0.00000180. The molecule has 1 aromatic rings. The zero-order valence-electron chi connectivity index (χ0n) is 10.8. The zero-order chi connectivity index (χ0) is 13.1. The molecule has 3 N–H and O–H groups in total. The van der Waals surface area contributed by atoms with E-state index in [1.807, 2.05) is 6.07 Å². The van der Waals surface area contributed by atoms with Gasteiger partial charge in [-0.1, -0.05) is 15.9 Å². The minimum atomic E-state index is -0.210. The molecule has 0 aliphatic carbocycles. The number of rotatable bonds is 3. The molecule has 1 fully saturated rings. The third-order valence-corrected chi connectivity index (χ3v) is 4.15. The Morgan fingerprint density at radius 1 is 1.42 bits per heavy atom. The number of aromatic hydroxyl groups is 1. The molecule has 6 heteroatoms. The highest BCUT2D eigenvalue weighted by atomic mass is 79.9. The fourth-order valence-corrected chi connectivity index (χ4v) is 2.94. The molecular formula is C13H19BrClNO3. The van der Waals surface area contributed by atoms with Gasteiger partial charge in [0.05, 0.1) is 7.11 Å². The van der Waals surface area contributed by atoms with Gasteiger partial charge in [-0.05, 0) is 30.9 Å². The normalized spacial score (nSPS) is 17.6. The summed E-state index contributed by atoms with van der Waals surface area (Å²) in [6.07, 6.45) is 1.84. The number of ether oxygens (including phenoxy) is 2. The summed E-state index contributed by atoms with van der Waals surface area (Å²) in [6.45, 7) is 1.47. The van der Waals surface area contributed by atoms with E-state index >= 15 is 0 Å². The number of halogens is 2. The molecule has 0 spiro atoms. The molecule has 1 atom stereocenters. The summed E-state index contributed by atoms with van der Waals surface area (Å²) in [6, 6.07) is 3.37. The van der Waals surface area contributed by atoms with Crippen molar-refractivity contribution in [3.63, 3.8) is 0 Å². The molecular weight excluding hydrogens is 334 g/mol. The van der Waals surface area contributed by atoms with E-state index in [1.165, 1.54) is 7.11 Å². The van der Waals surface area contributed by atoms with Crippen LogP contribution in [0, 0.1) is 5.92 Å². The number of hydrogen-bond acceptors (Lipinski definition) is 4. The van der Waals surface area contributed by atoms with Crippen molar-refractivity contribution in [2.75, 3.05) is 20.3 Å². The first-order chi connectivity index (χ1) is 8.65. The fraction of sp³-hybridized carbons (Fsp3) is 0.538. The molecule has 0 bridgehead atoms. The summed E-state index contributed by atoms with van der Waals surface area (Å²) in [7, 11) is 1.53. The molecule has 1 aliphatic heterocycles. The van der Waals surface area contributed by atoms with Gasteiger partial charge in [0.2, 0.25) is 0 Å². The second-order valence-corrected chi connectivity index (χ2v) is 5.34. The predicted molar refractivity (Wildman–Crippen MR) is 80.1 cm³/mol. The summed E-state index contributed by atoms with van der Waals surface area (Å²) in [5.41, 5.74) is 7.02. The van der Waals surface area contributed by atoms with Gasteiger partial charge in [0.15, 0.2) is 11.5 Å². The van der Waals surface area contributed by atoms with Crippen LogP contribution in [-0.2, 0) is 4.74 Å². The Morgan fingerprint density at radius 2 is 2.05 bits per heavy atom. The van der Waals surface area contributed by atoms with Crippen LogP contribution in [0.3, 0.4) is 0 Å². The maximum absolute atomic E-state index is 10.2. The van der Waals surface area contributed by atoms with E-state index in [9.17, 15) is 5.11 Å². The highest BCUT2D eigenvalue weighted by molar-refractivity contribution is 9.10. The maximum Gasteiger partial charge on any atom is 0.163 e. The van der Waals surface area contributed by atoms with Gasteiger partial charge in [0.1, 0.15) is 0 Å². The topological polar surface area (TPSA) is 64.7 Å². The van der Waals surface area contributed by atoms with Crippen molar-refractivity contribution in [1.29, 1.82) is 0 Å². The molecule has 2 rings (SSSR count). The molecule has 0 amide bonds. The third-order valence-electron chi connectivity index (χ3n) is 3.45. The van der Waals surface area contributed by atoms with Crippen molar-refractivity contribution in [3.05, 3.63) is 22.2 Å².